The summed E-state index contributed by atoms with van der Waals surface area (Å²) in [6.45, 7) is 0. The van der Waals surface area contributed by atoms with Crippen LogP contribution in [0.15, 0.2) is 47.4 Å². The van der Waals surface area contributed by atoms with E-state index in [-0.39, 0.29) is 5.82 Å². The van der Waals surface area contributed by atoms with Crippen LogP contribution in [-0.2, 0) is 5.75 Å². The number of carbonyl (C=O) groups is 1. The lowest BCUT2D eigenvalue weighted by molar-refractivity contribution is 0.112. The molecular weight excluding hydrogens is 261 g/mol. The van der Waals surface area contributed by atoms with Crippen molar-refractivity contribution in [2.24, 2.45) is 0 Å². The van der Waals surface area contributed by atoms with Crippen LogP contribution in [0.25, 0.3) is 0 Å². The third kappa shape index (κ3) is 3.43. The van der Waals surface area contributed by atoms with Crippen LogP contribution in [0.5, 0.6) is 0 Å². The second-order valence-corrected chi connectivity index (χ2v) is 4.94. The second-order valence-electron chi connectivity index (χ2n) is 3.89. The summed E-state index contributed by atoms with van der Waals surface area (Å²) in [5.74, 6) is 0.138. The van der Waals surface area contributed by atoms with Crippen molar-refractivity contribution in [2.75, 3.05) is 0 Å². The Morgan fingerprint density at radius 2 is 2.11 bits per heavy atom. The van der Waals surface area contributed by atoms with Crippen molar-refractivity contribution in [2.45, 2.75) is 10.6 Å². The highest BCUT2D eigenvalue weighted by Gasteiger charge is 2.05. The fraction of sp³-hybridized carbons (Fsp3) is 0.0667. The highest BCUT2D eigenvalue weighted by atomic mass is 32.2. The molecule has 0 amide bonds. The molecular formula is C15H10FNOS. The molecule has 2 aromatic carbocycles. The van der Waals surface area contributed by atoms with Crippen molar-refractivity contribution < 1.29 is 9.18 Å². The minimum Gasteiger partial charge on any atom is -0.298 e. The lowest BCUT2D eigenvalue weighted by Gasteiger charge is -2.05. The van der Waals surface area contributed by atoms with Gasteiger partial charge in [-0.15, -0.1) is 11.8 Å². The first-order valence-corrected chi connectivity index (χ1v) is 6.58. The smallest absolute Gasteiger partial charge is 0.150 e. The van der Waals surface area contributed by atoms with Gasteiger partial charge in [0, 0.05) is 16.2 Å². The molecule has 0 saturated heterocycles. The monoisotopic (exact) mass is 271 g/mol. The lowest BCUT2D eigenvalue weighted by atomic mass is 10.1. The fourth-order valence-electron chi connectivity index (χ4n) is 1.63. The van der Waals surface area contributed by atoms with Crippen LogP contribution in [0.4, 0.5) is 4.39 Å². The number of hydrogen-bond acceptors (Lipinski definition) is 3. The first-order valence-electron chi connectivity index (χ1n) is 5.59. The number of halogens is 1. The molecule has 0 saturated carbocycles. The predicted molar refractivity (Wildman–Crippen MR) is 72.5 cm³/mol. The first kappa shape index (κ1) is 13.3. The number of aldehydes is 1. The Morgan fingerprint density at radius 1 is 1.26 bits per heavy atom. The van der Waals surface area contributed by atoms with Gasteiger partial charge in [0.2, 0.25) is 0 Å². The average Bonchev–Trinajstić information content (AvgIpc) is 2.45. The van der Waals surface area contributed by atoms with Crippen LogP contribution in [0.2, 0.25) is 0 Å². The van der Waals surface area contributed by atoms with Gasteiger partial charge in [0.25, 0.3) is 0 Å². The Bertz CT molecular complexity index is 649. The van der Waals surface area contributed by atoms with Crippen LogP contribution in [-0.4, -0.2) is 6.29 Å². The Balaban J connectivity index is 2.16. The topological polar surface area (TPSA) is 40.9 Å². The van der Waals surface area contributed by atoms with Gasteiger partial charge in [0.05, 0.1) is 11.6 Å². The zero-order valence-corrected chi connectivity index (χ0v) is 10.8. The molecule has 0 N–H and O–H groups in total. The van der Waals surface area contributed by atoms with Crippen molar-refractivity contribution in [1.82, 2.24) is 0 Å². The quantitative estimate of drug-likeness (QED) is 0.627. The number of nitriles is 1. The molecule has 19 heavy (non-hydrogen) atoms. The zero-order chi connectivity index (χ0) is 13.7. The van der Waals surface area contributed by atoms with E-state index in [1.807, 2.05) is 12.1 Å². The van der Waals surface area contributed by atoms with Crippen molar-refractivity contribution >= 4 is 18.0 Å². The standard InChI is InChI=1S/C15H10FNOS/c16-14-5-4-12(8-17)13(7-14)10-19-15-3-1-2-11(6-15)9-18/h1-7,9H,10H2. The van der Waals surface area contributed by atoms with Crippen molar-refractivity contribution in [3.63, 3.8) is 0 Å². The van der Waals surface area contributed by atoms with Gasteiger partial charge in [0.1, 0.15) is 12.1 Å². The van der Waals surface area contributed by atoms with Crippen LogP contribution in [0, 0.1) is 17.1 Å². The first-order chi connectivity index (χ1) is 9.22. The maximum Gasteiger partial charge on any atom is 0.150 e. The predicted octanol–water partition coefficient (Wildman–Crippen LogP) is 3.80. The third-order valence-electron chi connectivity index (χ3n) is 2.58. The Hall–Kier alpha value is -2.12. The van der Waals surface area contributed by atoms with E-state index in [9.17, 15) is 9.18 Å². The summed E-state index contributed by atoms with van der Waals surface area (Å²) in [5, 5.41) is 8.96. The largest absolute Gasteiger partial charge is 0.298 e. The number of nitrogens with zero attached hydrogens (tertiary/aromatic N) is 1. The van der Waals surface area contributed by atoms with E-state index >= 15 is 0 Å². The molecule has 0 spiro atoms. The van der Waals surface area contributed by atoms with E-state index in [4.69, 9.17) is 5.26 Å². The fourth-order valence-corrected chi connectivity index (χ4v) is 2.58. The minimum absolute atomic E-state index is 0.351. The highest BCUT2D eigenvalue weighted by Crippen LogP contribution is 2.25. The molecule has 2 rings (SSSR count). The number of hydrogen-bond donors (Lipinski definition) is 0. The zero-order valence-electron chi connectivity index (χ0n) is 9.97. The van der Waals surface area contributed by atoms with Gasteiger partial charge in [-0.3, -0.25) is 4.79 Å². The minimum atomic E-state index is -0.351. The van der Waals surface area contributed by atoms with E-state index in [0.29, 0.717) is 22.4 Å². The van der Waals surface area contributed by atoms with E-state index in [1.54, 1.807) is 18.2 Å². The number of thioether (sulfide) groups is 1. The molecule has 0 fully saturated rings. The van der Waals surface area contributed by atoms with E-state index in [1.165, 1.54) is 30.0 Å². The summed E-state index contributed by atoms with van der Waals surface area (Å²) >= 11 is 1.46. The summed E-state index contributed by atoms with van der Waals surface area (Å²) < 4.78 is 13.2. The van der Waals surface area contributed by atoms with E-state index in [2.05, 4.69) is 0 Å². The Morgan fingerprint density at radius 3 is 2.84 bits per heavy atom. The highest BCUT2D eigenvalue weighted by molar-refractivity contribution is 7.98. The van der Waals surface area contributed by atoms with Gasteiger partial charge < -0.3 is 0 Å². The SMILES string of the molecule is N#Cc1ccc(F)cc1CSc1cccc(C=O)c1. The van der Waals surface area contributed by atoms with Crippen LogP contribution in [0.3, 0.4) is 0 Å². The van der Waals surface area contributed by atoms with Crippen LogP contribution in [0.1, 0.15) is 21.5 Å². The molecule has 0 radical (unpaired) electrons. The number of rotatable bonds is 4. The van der Waals surface area contributed by atoms with E-state index in [0.717, 1.165) is 11.2 Å². The van der Waals surface area contributed by atoms with Gasteiger partial charge >= 0.3 is 0 Å². The van der Waals surface area contributed by atoms with Gasteiger partial charge in [0.15, 0.2) is 0 Å². The molecule has 0 aliphatic rings. The summed E-state index contributed by atoms with van der Waals surface area (Å²) in [6, 6.07) is 13.3. The molecule has 0 aliphatic heterocycles. The average molecular weight is 271 g/mol. The van der Waals surface area contributed by atoms with Gasteiger partial charge in [-0.05, 0) is 35.9 Å². The molecule has 94 valence electrons. The molecule has 0 atom stereocenters. The third-order valence-corrected chi connectivity index (χ3v) is 3.62. The Kier molecular flexibility index (Phi) is 4.32. The van der Waals surface area contributed by atoms with Crippen LogP contribution >= 0.6 is 11.8 Å². The molecule has 2 aromatic rings. The molecule has 2 nitrogen and oxygen atoms in total. The lowest BCUT2D eigenvalue weighted by Crippen LogP contribution is -1.89. The van der Waals surface area contributed by atoms with Gasteiger partial charge in [-0.2, -0.15) is 5.26 Å². The summed E-state index contributed by atoms with van der Waals surface area (Å²) in [4.78, 5) is 11.6. The molecule has 0 bridgehead atoms. The van der Waals surface area contributed by atoms with Crippen molar-refractivity contribution in [3.05, 3.63) is 65.0 Å². The van der Waals surface area contributed by atoms with Gasteiger partial charge in [-0.25, -0.2) is 4.39 Å². The van der Waals surface area contributed by atoms with Crippen LogP contribution < -0.4 is 0 Å². The molecule has 0 unspecified atom stereocenters. The maximum atomic E-state index is 13.2. The number of carbonyl (C=O) groups excluding carboxylic acids is 1. The Labute approximate surface area is 114 Å². The second kappa shape index (κ2) is 6.17. The van der Waals surface area contributed by atoms with E-state index < -0.39 is 0 Å². The van der Waals surface area contributed by atoms with Crippen molar-refractivity contribution in [1.29, 1.82) is 5.26 Å². The molecule has 0 heterocycles. The summed E-state index contributed by atoms with van der Waals surface area (Å²) in [5.41, 5.74) is 1.73. The van der Waals surface area contributed by atoms with Crippen molar-refractivity contribution in [3.8, 4) is 6.07 Å². The normalized spacial score (nSPS) is 9.89. The number of benzene rings is 2. The summed E-state index contributed by atoms with van der Waals surface area (Å²) in [7, 11) is 0. The molecule has 4 heteroatoms. The summed E-state index contributed by atoms with van der Waals surface area (Å²) in [6.07, 6.45) is 0.785. The molecule has 0 aromatic heterocycles. The van der Waals surface area contributed by atoms with Gasteiger partial charge in [-0.1, -0.05) is 12.1 Å². The molecule has 0 aliphatic carbocycles. The maximum absolute atomic E-state index is 13.2.